The number of rotatable bonds is 3. The molecule has 2 heterocycles. The molecule has 1 N–H and O–H groups in total. The molecule has 0 saturated carbocycles. The maximum absolute atomic E-state index is 4.47. The summed E-state index contributed by atoms with van der Waals surface area (Å²) >= 11 is 0. The highest BCUT2D eigenvalue weighted by Crippen LogP contribution is 2.24. The first-order valence-corrected chi connectivity index (χ1v) is 7.27. The predicted molar refractivity (Wildman–Crippen MR) is 82.3 cm³/mol. The summed E-state index contributed by atoms with van der Waals surface area (Å²) in [6.45, 7) is 6.41. The summed E-state index contributed by atoms with van der Waals surface area (Å²) in [5, 5.41) is 7.87. The SMILES string of the molecule is Cc1ccccc1Cc1c(N2CCNCC2)cnn1C. The van der Waals surface area contributed by atoms with Crippen LogP contribution in [-0.4, -0.2) is 36.0 Å². The van der Waals surface area contributed by atoms with Gasteiger partial charge in [-0.25, -0.2) is 0 Å². The zero-order valence-electron chi connectivity index (χ0n) is 12.3. The van der Waals surface area contributed by atoms with Crippen molar-refractivity contribution >= 4 is 5.69 Å². The number of piperazine rings is 1. The Kier molecular flexibility index (Phi) is 3.74. The number of nitrogens with one attached hydrogen (secondary N) is 1. The molecule has 2 aromatic rings. The van der Waals surface area contributed by atoms with E-state index in [0.29, 0.717) is 0 Å². The molecule has 0 aliphatic carbocycles. The Hall–Kier alpha value is -1.81. The minimum absolute atomic E-state index is 0.947. The van der Waals surface area contributed by atoms with Crippen molar-refractivity contribution < 1.29 is 0 Å². The van der Waals surface area contributed by atoms with Crippen LogP contribution in [0.15, 0.2) is 30.5 Å². The van der Waals surface area contributed by atoms with Crippen molar-refractivity contribution in [1.82, 2.24) is 15.1 Å². The van der Waals surface area contributed by atoms with Crippen LogP contribution in [0.25, 0.3) is 0 Å². The minimum atomic E-state index is 0.947. The lowest BCUT2D eigenvalue weighted by Gasteiger charge is -2.29. The average Bonchev–Trinajstić information content (AvgIpc) is 2.84. The quantitative estimate of drug-likeness (QED) is 0.922. The van der Waals surface area contributed by atoms with Gasteiger partial charge in [0, 0.05) is 39.6 Å². The van der Waals surface area contributed by atoms with Gasteiger partial charge in [0.25, 0.3) is 0 Å². The van der Waals surface area contributed by atoms with Crippen LogP contribution < -0.4 is 10.2 Å². The lowest BCUT2D eigenvalue weighted by molar-refractivity contribution is 0.587. The van der Waals surface area contributed by atoms with E-state index in [2.05, 4.69) is 46.5 Å². The third-order valence-electron chi connectivity index (χ3n) is 4.12. The second-order valence-electron chi connectivity index (χ2n) is 5.44. The van der Waals surface area contributed by atoms with E-state index in [-0.39, 0.29) is 0 Å². The van der Waals surface area contributed by atoms with Crippen molar-refractivity contribution in [2.45, 2.75) is 13.3 Å². The summed E-state index contributed by atoms with van der Waals surface area (Å²) in [6.07, 6.45) is 2.96. The molecule has 4 nitrogen and oxygen atoms in total. The van der Waals surface area contributed by atoms with Gasteiger partial charge < -0.3 is 10.2 Å². The summed E-state index contributed by atoms with van der Waals surface area (Å²) in [5.41, 5.74) is 5.32. The van der Waals surface area contributed by atoms with Crippen LogP contribution in [0.4, 0.5) is 5.69 Å². The van der Waals surface area contributed by atoms with E-state index in [0.717, 1.165) is 32.6 Å². The van der Waals surface area contributed by atoms with Gasteiger partial charge in [0.15, 0.2) is 0 Å². The third-order valence-corrected chi connectivity index (χ3v) is 4.12. The molecule has 0 bridgehead atoms. The van der Waals surface area contributed by atoms with Gasteiger partial charge in [-0.05, 0) is 18.1 Å². The first kappa shape index (κ1) is 13.2. The Morgan fingerprint density at radius 2 is 1.95 bits per heavy atom. The van der Waals surface area contributed by atoms with Gasteiger partial charge >= 0.3 is 0 Å². The fourth-order valence-electron chi connectivity index (χ4n) is 2.81. The molecular formula is C16H22N4. The summed E-state index contributed by atoms with van der Waals surface area (Å²) in [4.78, 5) is 2.44. The maximum Gasteiger partial charge on any atom is 0.0789 e. The highest BCUT2D eigenvalue weighted by molar-refractivity contribution is 5.52. The minimum Gasteiger partial charge on any atom is -0.366 e. The van der Waals surface area contributed by atoms with Crippen molar-refractivity contribution in [3.8, 4) is 0 Å². The van der Waals surface area contributed by atoms with E-state index in [1.165, 1.54) is 22.5 Å². The van der Waals surface area contributed by atoms with E-state index in [1.54, 1.807) is 0 Å². The number of benzene rings is 1. The number of aryl methyl sites for hydroxylation is 2. The van der Waals surface area contributed by atoms with Crippen LogP contribution in [-0.2, 0) is 13.5 Å². The summed E-state index contributed by atoms with van der Waals surface area (Å²) in [6, 6.07) is 8.60. The lowest BCUT2D eigenvalue weighted by Crippen LogP contribution is -2.43. The van der Waals surface area contributed by atoms with Gasteiger partial charge in [-0.2, -0.15) is 5.10 Å². The van der Waals surface area contributed by atoms with Gasteiger partial charge in [0.1, 0.15) is 0 Å². The molecule has 1 aromatic carbocycles. The molecular weight excluding hydrogens is 248 g/mol. The van der Waals surface area contributed by atoms with E-state index in [9.17, 15) is 0 Å². The molecule has 0 atom stereocenters. The molecule has 106 valence electrons. The molecule has 0 radical (unpaired) electrons. The fraction of sp³-hybridized carbons (Fsp3) is 0.438. The van der Waals surface area contributed by atoms with Crippen LogP contribution in [0.5, 0.6) is 0 Å². The molecule has 1 aliphatic heterocycles. The zero-order chi connectivity index (χ0) is 13.9. The van der Waals surface area contributed by atoms with Crippen molar-refractivity contribution in [3.05, 3.63) is 47.3 Å². The molecule has 3 rings (SSSR count). The van der Waals surface area contributed by atoms with Crippen LogP contribution >= 0.6 is 0 Å². The second kappa shape index (κ2) is 5.67. The highest BCUT2D eigenvalue weighted by atomic mass is 15.3. The Morgan fingerprint density at radius 1 is 1.20 bits per heavy atom. The maximum atomic E-state index is 4.47. The van der Waals surface area contributed by atoms with Crippen LogP contribution in [0.1, 0.15) is 16.8 Å². The fourth-order valence-corrected chi connectivity index (χ4v) is 2.81. The molecule has 1 fully saturated rings. The first-order valence-electron chi connectivity index (χ1n) is 7.27. The van der Waals surface area contributed by atoms with Crippen molar-refractivity contribution in [2.75, 3.05) is 31.1 Å². The van der Waals surface area contributed by atoms with Gasteiger partial charge in [0.05, 0.1) is 17.6 Å². The van der Waals surface area contributed by atoms with Gasteiger partial charge in [-0.3, -0.25) is 4.68 Å². The molecule has 0 unspecified atom stereocenters. The van der Waals surface area contributed by atoms with Crippen LogP contribution in [0, 0.1) is 6.92 Å². The topological polar surface area (TPSA) is 33.1 Å². The van der Waals surface area contributed by atoms with Gasteiger partial charge in [0.2, 0.25) is 0 Å². The molecule has 1 aliphatic rings. The molecule has 4 heteroatoms. The molecule has 20 heavy (non-hydrogen) atoms. The second-order valence-corrected chi connectivity index (χ2v) is 5.44. The van der Waals surface area contributed by atoms with Crippen LogP contribution in [0.2, 0.25) is 0 Å². The van der Waals surface area contributed by atoms with E-state index < -0.39 is 0 Å². The molecule has 1 saturated heterocycles. The Morgan fingerprint density at radius 3 is 2.70 bits per heavy atom. The van der Waals surface area contributed by atoms with Crippen molar-refractivity contribution in [3.63, 3.8) is 0 Å². The van der Waals surface area contributed by atoms with E-state index in [4.69, 9.17) is 0 Å². The largest absolute Gasteiger partial charge is 0.366 e. The molecule has 0 spiro atoms. The third kappa shape index (κ3) is 2.56. The average molecular weight is 270 g/mol. The lowest BCUT2D eigenvalue weighted by atomic mass is 10.0. The number of anilines is 1. The highest BCUT2D eigenvalue weighted by Gasteiger charge is 2.18. The molecule has 1 aromatic heterocycles. The predicted octanol–water partition coefficient (Wildman–Crippen LogP) is 1.73. The Bertz CT molecular complexity index is 582. The van der Waals surface area contributed by atoms with E-state index in [1.807, 2.05) is 17.9 Å². The zero-order valence-corrected chi connectivity index (χ0v) is 12.3. The normalized spacial score (nSPS) is 15.6. The van der Waals surface area contributed by atoms with Crippen molar-refractivity contribution in [2.24, 2.45) is 7.05 Å². The monoisotopic (exact) mass is 270 g/mol. The van der Waals surface area contributed by atoms with Crippen LogP contribution in [0.3, 0.4) is 0 Å². The smallest absolute Gasteiger partial charge is 0.0789 e. The van der Waals surface area contributed by atoms with Gasteiger partial charge in [-0.1, -0.05) is 24.3 Å². The Balaban J connectivity index is 1.89. The summed E-state index contributed by atoms with van der Waals surface area (Å²) in [5.74, 6) is 0. The first-order chi connectivity index (χ1) is 9.75. The summed E-state index contributed by atoms with van der Waals surface area (Å²) in [7, 11) is 2.04. The standard InChI is InChI=1S/C16H22N4/c1-13-5-3-4-6-14(13)11-15-16(12-18-19(15)2)20-9-7-17-8-10-20/h3-6,12,17H,7-11H2,1-2H3. The number of aromatic nitrogens is 2. The molecule has 0 amide bonds. The number of hydrogen-bond donors (Lipinski definition) is 1. The summed E-state index contributed by atoms with van der Waals surface area (Å²) < 4.78 is 2.02. The van der Waals surface area contributed by atoms with E-state index >= 15 is 0 Å². The van der Waals surface area contributed by atoms with Crippen molar-refractivity contribution in [1.29, 1.82) is 0 Å². The van der Waals surface area contributed by atoms with Gasteiger partial charge in [-0.15, -0.1) is 0 Å². The number of nitrogens with zero attached hydrogens (tertiary/aromatic N) is 3. The number of hydrogen-bond acceptors (Lipinski definition) is 3. The Labute approximate surface area is 120 Å².